The van der Waals surface area contributed by atoms with E-state index in [1.54, 1.807) is 0 Å². The number of aliphatic hydroxyl groups is 1. The minimum Gasteiger partial charge on any atom is -0.444 e. The Morgan fingerprint density at radius 3 is 2.32 bits per heavy atom. The Morgan fingerprint density at radius 1 is 1.05 bits per heavy atom. The second kappa shape index (κ2) is 10.8. The minimum atomic E-state index is -0.993. The van der Waals surface area contributed by atoms with E-state index in [9.17, 15) is 9.90 Å². The zero-order valence-electron chi connectivity index (χ0n) is 22.5. The Kier molecular flexibility index (Phi) is 7.73. The van der Waals surface area contributed by atoms with Gasteiger partial charge in [0.15, 0.2) is 0 Å². The maximum atomic E-state index is 12.1. The van der Waals surface area contributed by atoms with Crippen molar-refractivity contribution in [2.75, 3.05) is 29.9 Å². The predicted molar refractivity (Wildman–Crippen MR) is 150 cm³/mol. The molecule has 0 aliphatic carbocycles. The normalized spacial score (nSPS) is 15.2. The molecular formula is C30H38N4O3. The number of pyridine rings is 1. The number of nitrogens with zero attached hydrogens (tertiary/aromatic N) is 2. The summed E-state index contributed by atoms with van der Waals surface area (Å²) in [5, 5.41) is 17.5. The van der Waals surface area contributed by atoms with Gasteiger partial charge in [-0.05, 0) is 65.2 Å². The van der Waals surface area contributed by atoms with Crippen LogP contribution in [-0.2, 0) is 4.74 Å². The fraction of sp³-hybridized carbons (Fsp3) is 0.400. The predicted octanol–water partition coefficient (Wildman–Crippen LogP) is 5.97. The highest BCUT2D eigenvalue weighted by Crippen LogP contribution is 2.40. The fourth-order valence-corrected chi connectivity index (χ4v) is 4.78. The molecule has 4 rings (SSSR count). The summed E-state index contributed by atoms with van der Waals surface area (Å²) in [6.07, 6.45) is 4.30. The standard InChI is InChI=1S/C30H38N4O3/c1-21-15-22(2)17-23(16-21)25-18-31-19-26(33-24-9-7-6-8-10-24)27(25)34-13-11-30(36,12-14-34)20-32-28(35)37-29(3,4)5/h6-10,15-19,33,36H,11-14,20H2,1-5H3,(H,32,35). The van der Waals surface area contributed by atoms with E-state index in [2.05, 4.69) is 52.6 Å². The highest BCUT2D eigenvalue weighted by Gasteiger charge is 2.34. The number of amides is 1. The van der Waals surface area contributed by atoms with Gasteiger partial charge in [0.2, 0.25) is 0 Å². The van der Waals surface area contributed by atoms with Gasteiger partial charge in [0.25, 0.3) is 0 Å². The highest BCUT2D eigenvalue weighted by atomic mass is 16.6. The van der Waals surface area contributed by atoms with E-state index in [4.69, 9.17) is 4.74 Å². The lowest BCUT2D eigenvalue weighted by Crippen LogP contribution is -2.51. The third kappa shape index (κ3) is 7.01. The molecule has 0 bridgehead atoms. The number of anilines is 3. The smallest absolute Gasteiger partial charge is 0.407 e. The van der Waals surface area contributed by atoms with Crippen molar-refractivity contribution in [2.45, 2.75) is 58.7 Å². The molecule has 1 amide bonds. The number of aryl methyl sites for hydroxylation is 2. The number of ether oxygens (including phenoxy) is 1. The van der Waals surface area contributed by atoms with Crippen LogP contribution in [0.25, 0.3) is 11.1 Å². The summed E-state index contributed by atoms with van der Waals surface area (Å²) in [5.74, 6) is 0. The molecule has 2 aromatic carbocycles. The van der Waals surface area contributed by atoms with Crippen molar-refractivity contribution in [3.05, 3.63) is 72.1 Å². The summed E-state index contributed by atoms with van der Waals surface area (Å²) in [4.78, 5) is 19.0. The number of hydrogen-bond donors (Lipinski definition) is 3. The second-order valence-electron chi connectivity index (χ2n) is 11.0. The van der Waals surface area contributed by atoms with E-state index < -0.39 is 17.3 Å². The van der Waals surface area contributed by atoms with Crippen molar-refractivity contribution >= 4 is 23.2 Å². The average Bonchev–Trinajstić information content (AvgIpc) is 2.83. The summed E-state index contributed by atoms with van der Waals surface area (Å²) in [5.41, 5.74) is 5.95. The summed E-state index contributed by atoms with van der Waals surface area (Å²) >= 11 is 0. The molecule has 3 N–H and O–H groups in total. The van der Waals surface area contributed by atoms with Crippen LogP contribution >= 0.6 is 0 Å². The summed E-state index contributed by atoms with van der Waals surface area (Å²) < 4.78 is 5.33. The lowest BCUT2D eigenvalue weighted by molar-refractivity contribution is 0.00803. The zero-order valence-corrected chi connectivity index (χ0v) is 22.5. The number of piperidine rings is 1. The largest absolute Gasteiger partial charge is 0.444 e. The number of para-hydroxylation sites is 1. The van der Waals surface area contributed by atoms with Gasteiger partial charge in [-0.15, -0.1) is 0 Å². The van der Waals surface area contributed by atoms with Crippen LogP contribution in [0.3, 0.4) is 0 Å². The van der Waals surface area contributed by atoms with Crippen LogP contribution in [-0.4, -0.2) is 47.0 Å². The molecule has 1 fully saturated rings. The molecule has 1 aromatic heterocycles. The van der Waals surface area contributed by atoms with E-state index in [1.807, 2.05) is 63.5 Å². The molecule has 7 heteroatoms. The molecule has 1 aliphatic heterocycles. The quantitative estimate of drug-likeness (QED) is 0.385. The number of benzene rings is 2. The minimum absolute atomic E-state index is 0.158. The number of rotatable bonds is 6. The molecule has 0 saturated carbocycles. The molecule has 1 saturated heterocycles. The molecular weight excluding hydrogens is 464 g/mol. The number of alkyl carbamates (subject to hydrolysis) is 1. The van der Waals surface area contributed by atoms with E-state index in [1.165, 1.54) is 11.1 Å². The van der Waals surface area contributed by atoms with Crippen LogP contribution in [0, 0.1) is 13.8 Å². The molecule has 0 unspecified atom stereocenters. The molecule has 0 radical (unpaired) electrons. The van der Waals surface area contributed by atoms with Crippen LogP contribution < -0.4 is 15.5 Å². The SMILES string of the molecule is Cc1cc(C)cc(-c2cncc(Nc3ccccc3)c2N2CCC(O)(CNC(=O)OC(C)(C)C)CC2)c1. The van der Waals surface area contributed by atoms with Crippen molar-refractivity contribution in [2.24, 2.45) is 0 Å². The Morgan fingerprint density at radius 2 is 1.70 bits per heavy atom. The molecule has 3 aromatic rings. The molecule has 37 heavy (non-hydrogen) atoms. The maximum Gasteiger partial charge on any atom is 0.407 e. The first kappa shape index (κ1) is 26.5. The van der Waals surface area contributed by atoms with E-state index in [0.29, 0.717) is 25.9 Å². The summed E-state index contributed by atoms with van der Waals surface area (Å²) in [7, 11) is 0. The molecule has 196 valence electrons. The maximum absolute atomic E-state index is 12.1. The Labute approximate surface area is 219 Å². The fourth-order valence-electron chi connectivity index (χ4n) is 4.78. The van der Waals surface area contributed by atoms with Crippen molar-refractivity contribution in [3.8, 4) is 11.1 Å². The molecule has 1 aliphatic rings. The van der Waals surface area contributed by atoms with Crippen LogP contribution in [0.15, 0.2) is 60.9 Å². The van der Waals surface area contributed by atoms with Crippen molar-refractivity contribution in [1.29, 1.82) is 0 Å². The lowest BCUT2D eigenvalue weighted by atomic mass is 9.90. The van der Waals surface area contributed by atoms with Crippen LogP contribution in [0.2, 0.25) is 0 Å². The third-order valence-electron chi connectivity index (χ3n) is 6.47. The highest BCUT2D eigenvalue weighted by molar-refractivity contribution is 5.89. The Bertz CT molecular complexity index is 1210. The second-order valence-corrected chi connectivity index (χ2v) is 11.0. The Hall–Kier alpha value is -3.58. The summed E-state index contributed by atoms with van der Waals surface area (Å²) in [6.45, 7) is 11.1. The number of hydrogen-bond acceptors (Lipinski definition) is 6. The van der Waals surface area contributed by atoms with Crippen molar-refractivity contribution in [3.63, 3.8) is 0 Å². The number of carbonyl (C=O) groups is 1. The van der Waals surface area contributed by atoms with Gasteiger partial charge in [0.1, 0.15) is 5.60 Å². The van der Waals surface area contributed by atoms with Gasteiger partial charge >= 0.3 is 6.09 Å². The van der Waals surface area contributed by atoms with E-state index in [-0.39, 0.29) is 6.54 Å². The lowest BCUT2D eigenvalue weighted by Gasteiger charge is -2.40. The first-order valence-corrected chi connectivity index (χ1v) is 12.8. The first-order chi connectivity index (χ1) is 17.5. The van der Waals surface area contributed by atoms with Gasteiger partial charge in [0, 0.05) is 37.1 Å². The number of carbonyl (C=O) groups excluding carboxylic acids is 1. The average molecular weight is 503 g/mol. The van der Waals surface area contributed by atoms with Crippen LogP contribution in [0.5, 0.6) is 0 Å². The zero-order chi connectivity index (χ0) is 26.6. The van der Waals surface area contributed by atoms with E-state index >= 15 is 0 Å². The van der Waals surface area contributed by atoms with Gasteiger partial charge in [-0.1, -0.05) is 47.5 Å². The van der Waals surface area contributed by atoms with Crippen molar-refractivity contribution < 1.29 is 14.6 Å². The first-order valence-electron chi connectivity index (χ1n) is 12.8. The molecule has 0 spiro atoms. The summed E-state index contributed by atoms with van der Waals surface area (Å²) in [6, 6.07) is 16.6. The van der Waals surface area contributed by atoms with Crippen LogP contribution in [0.1, 0.15) is 44.7 Å². The monoisotopic (exact) mass is 502 g/mol. The van der Waals surface area contributed by atoms with Gasteiger partial charge < -0.3 is 25.4 Å². The van der Waals surface area contributed by atoms with Gasteiger partial charge in [-0.2, -0.15) is 0 Å². The Balaban J connectivity index is 1.59. The van der Waals surface area contributed by atoms with Crippen molar-refractivity contribution in [1.82, 2.24) is 10.3 Å². The topological polar surface area (TPSA) is 86.7 Å². The van der Waals surface area contributed by atoms with Gasteiger partial charge in [-0.3, -0.25) is 4.98 Å². The third-order valence-corrected chi connectivity index (χ3v) is 6.47. The van der Waals surface area contributed by atoms with Gasteiger partial charge in [-0.25, -0.2) is 4.79 Å². The molecule has 7 nitrogen and oxygen atoms in total. The number of aromatic nitrogens is 1. The molecule has 2 heterocycles. The van der Waals surface area contributed by atoms with E-state index in [0.717, 1.165) is 28.2 Å². The van der Waals surface area contributed by atoms with Gasteiger partial charge in [0.05, 0.1) is 23.2 Å². The van der Waals surface area contributed by atoms with Crippen LogP contribution in [0.4, 0.5) is 21.9 Å². The number of nitrogens with one attached hydrogen (secondary N) is 2. The molecule has 0 atom stereocenters.